The zero-order valence-corrected chi connectivity index (χ0v) is 12.0. The van der Waals surface area contributed by atoms with Crippen LogP contribution in [0.25, 0.3) is 0 Å². The van der Waals surface area contributed by atoms with Gasteiger partial charge in [-0.3, -0.25) is 0 Å². The smallest absolute Gasteiger partial charge is 0.123 e. The standard InChI is InChI=1S/C15H22ClNO/c1-12-6-5-9-17(10-12)11-14(16)13-7-3-4-8-15(13)18-2/h3-4,7-8,12,14H,5-6,9-11H2,1-2H3. The summed E-state index contributed by atoms with van der Waals surface area (Å²) in [6.45, 7) is 5.56. The highest BCUT2D eigenvalue weighted by molar-refractivity contribution is 6.21. The van der Waals surface area contributed by atoms with Crippen molar-refractivity contribution in [2.75, 3.05) is 26.7 Å². The summed E-state index contributed by atoms with van der Waals surface area (Å²) in [5.41, 5.74) is 1.10. The van der Waals surface area contributed by atoms with E-state index in [9.17, 15) is 0 Å². The predicted octanol–water partition coefficient (Wildman–Crippen LogP) is 3.71. The number of ether oxygens (including phenoxy) is 1. The van der Waals surface area contributed by atoms with E-state index in [1.807, 2.05) is 18.2 Å². The van der Waals surface area contributed by atoms with Gasteiger partial charge in [-0.2, -0.15) is 0 Å². The number of benzene rings is 1. The number of alkyl halides is 1. The highest BCUT2D eigenvalue weighted by Gasteiger charge is 2.21. The second-order valence-electron chi connectivity index (χ2n) is 5.22. The maximum Gasteiger partial charge on any atom is 0.123 e. The van der Waals surface area contributed by atoms with Crippen LogP contribution >= 0.6 is 11.6 Å². The first kappa shape index (κ1) is 13.7. The number of hydrogen-bond donors (Lipinski definition) is 0. The Morgan fingerprint density at radius 1 is 1.44 bits per heavy atom. The molecule has 0 radical (unpaired) electrons. The summed E-state index contributed by atoms with van der Waals surface area (Å²) >= 11 is 6.55. The Labute approximate surface area is 115 Å². The molecule has 0 spiro atoms. The molecule has 2 unspecified atom stereocenters. The van der Waals surface area contributed by atoms with Crippen molar-refractivity contribution in [1.29, 1.82) is 0 Å². The Bertz CT molecular complexity index is 383. The normalized spacial score (nSPS) is 22.7. The van der Waals surface area contributed by atoms with Crippen LogP contribution in [0.4, 0.5) is 0 Å². The third-order valence-electron chi connectivity index (χ3n) is 3.64. The molecule has 0 bridgehead atoms. The van der Waals surface area contributed by atoms with E-state index in [0.29, 0.717) is 0 Å². The number of methoxy groups -OCH3 is 1. The molecule has 1 aliphatic rings. The number of nitrogens with zero attached hydrogens (tertiary/aromatic N) is 1. The van der Waals surface area contributed by atoms with Crippen molar-refractivity contribution in [2.24, 2.45) is 5.92 Å². The molecule has 0 saturated carbocycles. The largest absolute Gasteiger partial charge is 0.496 e. The number of hydrogen-bond acceptors (Lipinski definition) is 2. The monoisotopic (exact) mass is 267 g/mol. The Morgan fingerprint density at radius 3 is 2.94 bits per heavy atom. The number of para-hydroxylation sites is 1. The van der Waals surface area contributed by atoms with Crippen LogP contribution in [0.15, 0.2) is 24.3 Å². The minimum atomic E-state index is 0.00597. The number of rotatable bonds is 4. The fraction of sp³-hybridized carbons (Fsp3) is 0.600. The molecule has 1 aliphatic heterocycles. The molecule has 2 nitrogen and oxygen atoms in total. The van der Waals surface area contributed by atoms with Gasteiger partial charge in [-0.15, -0.1) is 11.6 Å². The summed E-state index contributed by atoms with van der Waals surface area (Å²) in [5.74, 6) is 1.68. The SMILES string of the molecule is COc1ccccc1C(Cl)CN1CCCC(C)C1. The van der Waals surface area contributed by atoms with Crippen molar-refractivity contribution < 1.29 is 4.74 Å². The molecule has 0 N–H and O–H groups in total. The molecule has 18 heavy (non-hydrogen) atoms. The van der Waals surface area contributed by atoms with Crippen LogP contribution in [0.5, 0.6) is 5.75 Å². The van der Waals surface area contributed by atoms with Crippen LogP contribution in [-0.4, -0.2) is 31.6 Å². The van der Waals surface area contributed by atoms with Gasteiger partial charge in [-0.1, -0.05) is 25.1 Å². The van der Waals surface area contributed by atoms with Crippen molar-refractivity contribution in [1.82, 2.24) is 4.90 Å². The molecule has 1 saturated heterocycles. The number of likely N-dealkylation sites (tertiary alicyclic amines) is 1. The van der Waals surface area contributed by atoms with Crippen LogP contribution in [0.3, 0.4) is 0 Å². The lowest BCUT2D eigenvalue weighted by Crippen LogP contribution is -2.36. The summed E-state index contributed by atoms with van der Waals surface area (Å²) in [7, 11) is 1.70. The second-order valence-corrected chi connectivity index (χ2v) is 5.74. The predicted molar refractivity (Wildman–Crippen MR) is 76.4 cm³/mol. The second kappa shape index (κ2) is 6.44. The Kier molecular flexibility index (Phi) is 4.90. The Balaban J connectivity index is 2.00. The van der Waals surface area contributed by atoms with Crippen LogP contribution < -0.4 is 4.74 Å². The van der Waals surface area contributed by atoms with Crippen LogP contribution in [0.2, 0.25) is 0 Å². The molecule has 1 heterocycles. The van der Waals surface area contributed by atoms with E-state index in [1.54, 1.807) is 7.11 Å². The van der Waals surface area contributed by atoms with Gasteiger partial charge in [0.1, 0.15) is 5.75 Å². The molecule has 0 aromatic heterocycles. The minimum Gasteiger partial charge on any atom is -0.496 e. The summed E-state index contributed by atoms with van der Waals surface area (Å²) in [6, 6.07) is 8.04. The molecule has 0 aliphatic carbocycles. The van der Waals surface area contributed by atoms with Crippen molar-refractivity contribution in [3.63, 3.8) is 0 Å². The Hall–Kier alpha value is -0.730. The summed E-state index contributed by atoms with van der Waals surface area (Å²) in [4.78, 5) is 2.47. The highest BCUT2D eigenvalue weighted by Crippen LogP contribution is 2.31. The minimum absolute atomic E-state index is 0.00597. The lowest BCUT2D eigenvalue weighted by Gasteiger charge is -2.32. The van der Waals surface area contributed by atoms with Crippen molar-refractivity contribution in [3.8, 4) is 5.75 Å². The molecule has 2 rings (SSSR count). The lowest BCUT2D eigenvalue weighted by atomic mass is 9.99. The maximum absolute atomic E-state index is 6.55. The van der Waals surface area contributed by atoms with Crippen molar-refractivity contribution in [2.45, 2.75) is 25.1 Å². The van der Waals surface area contributed by atoms with Crippen molar-refractivity contribution in [3.05, 3.63) is 29.8 Å². The summed E-state index contributed by atoms with van der Waals surface area (Å²) in [5, 5.41) is 0.00597. The van der Waals surface area contributed by atoms with Gasteiger partial charge in [0.2, 0.25) is 0 Å². The van der Waals surface area contributed by atoms with Crippen LogP contribution in [-0.2, 0) is 0 Å². The maximum atomic E-state index is 6.55. The first-order chi connectivity index (χ1) is 8.70. The molecule has 1 aromatic rings. The molecule has 2 atom stereocenters. The fourth-order valence-electron chi connectivity index (χ4n) is 2.70. The molecule has 3 heteroatoms. The van der Waals surface area contributed by atoms with Gasteiger partial charge in [-0.05, 0) is 31.4 Å². The first-order valence-corrected chi connectivity index (χ1v) is 7.13. The molecule has 0 amide bonds. The van der Waals surface area contributed by atoms with E-state index in [1.165, 1.54) is 25.9 Å². The van der Waals surface area contributed by atoms with Gasteiger partial charge in [0.25, 0.3) is 0 Å². The van der Waals surface area contributed by atoms with E-state index in [-0.39, 0.29) is 5.38 Å². The third kappa shape index (κ3) is 3.39. The number of halogens is 1. The first-order valence-electron chi connectivity index (χ1n) is 6.70. The van der Waals surface area contributed by atoms with Gasteiger partial charge in [0, 0.05) is 18.7 Å². The average Bonchev–Trinajstić information content (AvgIpc) is 2.38. The molecular weight excluding hydrogens is 246 g/mol. The van der Waals surface area contributed by atoms with E-state index in [4.69, 9.17) is 16.3 Å². The Morgan fingerprint density at radius 2 is 2.22 bits per heavy atom. The van der Waals surface area contributed by atoms with E-state index in [2.05, 4.69) is 17.9 Å². The van der Waals surface area contributed by atoms with Gasteiger partial charge in [0.05, 0.1) is 12.5 Å². The molecule has 1 aromatic carbocycles. The summed E-state index contributed by atoms with van der Waals surface area (Å²) in [6.07, 6.45) is 2.63. The zero-order valence-electron chi connectivity index (χ0n) is 11.2. The topological polar surface area (TPSA) is 12.5 Å². The van der Waals surface area contributed by atoms with Gasteiger partial charge >= 0.3 is 0 Å². The molecular formula is C15H22ClNO. The highest BCUT2D eigenvalue weighted by atomic mass is 35.5. The van der Waals surface area contributed by atoms with Crippen molar-refractivity contribution >= 4 is 11.6 Å². The van der Waals surface area contributed by atoms with E-state index in [0.717, 1.165) is 23.8 Å². The third-order valence-corrected chi connectivity index (χ3v) is 4.01. The molecule has 1 fully saturated rings. The zero-order chi connectivity index (χ0) is 13.0. The van der Waals surface area contributed by atoms with E-state index < -0.39 is 0 Å². The number of piperidine rings is 1. The average molecular weight is 268 g/mol. The molecule has 100 valence electrons. The van der Waals surface area contributed by atoms with Crippen LogP contribution in [0, 0.1) is 5.92 Å². The lowest BCUT2D eigenvalue weighted by molar-refractivity contribution is 0.183. The van der Waals surface area contributed by atoms with Crippen LogP contribution in [0.1, 0.15) is 30.7 Å². The van der Waals surface area contributed by atoms with E-state index >= 15 is 0 Å². The van der Waals surface area contributed by atoms with Gasteiger partial charge in [-0.25, -0.2) is 0 Å². The quantitative estimate of drug-likeness (QED) is 0.771. The fourth-order valence-corrected chi connectivity index (χ4v) is 3.08. The summed E-state index contributed by atoms with van der Waals surface area (Å²) < 4.78 is 5.37. The van der Waals surface area contributed by atoms with Gasteiger partial charge < -0.3 is 9.64 Å². The van der Waals surface area contributed by atoms with Gasteiger partial charge in [0.15, 0.2) is 0 Å².